The Morgan fingerprint density at radius 2 is 0.966 bits per heavy atom. The van der Waals surface area contributed by atoms with E-state index in [0.717, 1.165) is 0 Å². The number of hydrogen-bond donors (Lipinski definition) is 13. The molecule has 0 bridgehead atoms. The number of rotatable bonds is 27. The van der Waals surface area contributed by atoms with E-state index in [-0.39, 0.29) is 31.2 Å². The lowest BCUT2D eigenvalue weighted by Gasteiger charge is -2.28. The molecule has 0 spiro atoms. The summed E-state index contributed by atoms with van der Waals surface area (Å²) in [7, 11) is 0. The Morgan fingerprint density at radius 1 is 0.525 bits per heavy atom. The Labute approximate surface area is 340 Å². The fourth-order valence-electron chi connectivity index (χ4n) is 5.18. The van der Waals surface area contributed by atoms with Gasteiger partial charge in [-0.2, -0.15) is 0 Å². The van der Waals surface area contributed by atoms with E-state index in [2.05, 4.69) is 42.5 Å². The number of aliphatic hydroxyl groups excluding tert-OH is 1. The van der Waals surface area contributed by atoms with Gasteiger partial charge in [0.15, 0.2) is 0 Å². The van der Waals surface area contributed by atoms with Crippen molar-refractivity contribution < 1.29 is 68.1 Å². The largest absolute Gasteiger partial charge is 0.481 e. The van der Waals surface area contributed by atoms with Gasteiger partial charge in [0.25, 0.3) is 0 Å². The SMILES string of the molecule is CC(C)C[C@H](NC(=O)CN)C(=O)N[C@@H](C)C(=O)NCC(=O)N[C@@H](CC(N)=O)C(=O)N[C@@H](CC(=O)O)C(=O)N[C@H](C(=O)N[C@@H](CC(C)C)C(=O)N[C@@H](CO)C(=O)O)C(C)C. The van der Waals surface area contributed by atoms with E-state index in [1.165, 1.54) is 20.8 Å². The summed E-state index contributed by atoms with van der Waals surface area (Å²) in [5.41, 5.74) is 10.6. The molecule has 0 saturated heterocycles. The van der Waals surface area contributed by atoms with Crippen LogP contribution >= 0.6 is 0 Å². The number of carboxylic acids is 2. The molecule has 0 heterocycles. The summed E-state index contributed by atoms with van der Waals surface area (Å²) in [4.78, 5) is 138. The van der Waals surface area contributed by atoms with Crippen LogP contribution in [0.1, 0.15) is 74.1 Å². The molecule has 0 aliphatic heterocycles. The van der Waals surface area contributed by atoms with Crippen LogP contribution in [0.3, 0.4) is 0 Å². The minimum atomic E-state index is -1.91. The van der Waals surface area contributed by atoms with Crippen molar-refractivity contribution in [1.82, 2.24) is 42.5 Å². The molecule has 0 fully saturated rings. The number of hydrogen-bond acceptors (Lipinski definition) is 13. The molecular formula is C35H60N10O14. The minimum absolute atomic E-state index is 0.00736. The van der Waals surface area contributed by atoms with Crippen molar-refractivity contribution in [3.63, 3.8) is 0 Å². The molecule has 24 nitrogen and oxygen atoms in total. The van der Waals surface area contributed by atoms with Gasteiger partial charge in [0.1, 0.15) is 42.3 Å². The van der Waals surface area contributed by atoms with Gasteiger partial charge in [0, 0.05) is 0 Å². The maximum atomic E-state index is 13.4. The number of aliphatic hydroxyl groups is 1. The Bertz CT molecular complexity index is 1540. The topological polar surface area (TPSA) is 397 Å². The van der Waals surface area contributed by atoms with Crippen LogP contribution in [0.2, 0.25) is 0 Å². The third-order valence-electron chi connectivity index (χ3n) is 8.17. The van der Waals surface area contributed by atoms with Crippen molar-refractivity contribution in [3.05, 3.63) is 0 Å². The second-order valence-electron chi connectivity index (χ2n) is 14.9. The third kappa shape index (κ3) is 20.9. The molecule has 0 rings (SSSR count). The lowest BCUT2D eigenvalue weighted by Crippen LogP contribution is -2.60. The maximum absolute atomic E-state index is 13.4. The number of primary amides is 1. The zero-order valence-electron chi connectivity index (χ0n) is 34.2. The average molecular weight is 845 g/mol. The Morgan fingerprint density at radius 3 is 1.42 bits per heavy atom. The van der Waals surface area contributed by atoms with E-state index in [1.807, 2.05) is 0 Å². The number of nitrogens with one attached hydrogen (secondary N) is 8. The lowest BCUT2D eigenvalue weighted by molar-refractivity contribution is -0.143. The highest BCUT2D eigenvalue weighted by Gasteiger charge is 2.35. The predicted octanol–water partition coefficient (Wildman–Crippen LogP) is -5.35. The minimum Gasteiger partial charge on any atom is -0.481 e. The van der Waals surface area contributed by atoms with Gasteiger partial charge in [-0.25, -0.2) is 4.79 Å². The highest BCUT2D eigenvalue weighted by Crippen LogP contribution is 2.10. The van der Waals surface area contributed by atoms with Crippen molar-refractivity contribution in [3.8, 4) is 0 Å². The molecule has 0 aliphatic rings. The molecule has 59 heavy (non-hydrogen) atoms. The van der Waals surface area contributed by atoms with Gasteiger partial charge in [0.05, 0.1) is 32.5 Å². The van der Waals surface area contributed by atoms with Crippen molar-refractivity contribution >= 4 is 65.1 Å². The van der Waals surface area contributed by atoms with Gasteiger partial charge in [-0.05, 0) is 37.5 Å². The molecular weight excluding hydrogens is 784 g/mol. The van der Waals surface area contributed by atoms with E-state index in [1.54, 1.807) is 27.7 Å². The average Bonchev–Trinajstić information content (AvgIpc) is 3.12. The predicted molar refractivity (Wildman–Crippen MR) is 206 cm³/mol. The van der Waals surface area contributed by atoms with Crippen LogP contribution in [0.5, 0.6) is 0 Å². The van der Waals surface area contributed by atoms with E-state index in [9.17, 15) is 68.1 Å². The highest BCUT2D eigenvalue weighted by atomic mass is 16.4. The number of carbonyl (C=O) groups is 11. The summed E-state index contributed by atoms with van der Waals surface area (Å²) in [6.45, 7) is 9.21. The van der Waals surface area contributed by atoms with Crippen molar-refractivity contribution in [2.45, 2.75) is 116 Å². The third-order valence-corrected chi connectivity index (χ3v) is 8.17. The van der Waals surface area contributed by atoms with E-state index < -0.39 is 139 Å². The molecule has 0 radical (unpaired) electrons. The van der Waals surface area contributed by atoms with Gasteiger partial charge < -0.3 is 69.3 Å². The van der Waals surface area contributed by atoms with Crippen molar-refractivity contribution in [1.29, 1.82) is 0 Å². The molecule has 7 atom stereocenters. The quantitative estimate of drug-likeness (QED) is 0.0367. The van der Waals surface area contributed by atoms with Crippen LogP contribution in [0.15, 0.2) is 0 Å². The molecule has 9 amide bonds. The Kier molecular flexibility index (Phi) is 23.5. The van der Waals surface area contributed by atoms with E-state index in [0.29, 0.717) is 0 Å². The standard InChI is InChI=1S/C35H60N10O14/c1-15(2)8-19(40-25(48)12-36)30(53)39-18(7)29(52)38-13-26(49)41-21(10-24(37)47)32(55)42-22(11-27(50)51)33(56)45-28(17(5)6)34(57)43-20(9-16(3)4)31(54)44-23(14-46)35(58)59/h15-23,28,46H,8-14,36H2,1-7H3,(H2,37,47)(H,38,52)(H,39,53)(H,40,48)(H,41,49)(H,42,55)(H,43,57)(H,44,54)(H,45,56)(H,50,51)(H,58,59)/t18-,19-,20-,21-,22-,23-,28-/m0/s1. The first-order valence-electron chi connectivity index (χ1n) is 18.7. The molecule has 24 heteroatoms. The van der Waals surface area contributed by atoms with Crippen molar-refractivity contribution in [2.24, 2.45) is 29.2 Å². The molecule has 0 aromatic carbocycles. The first kappa shape index (κ1) is 53.1. The number of carboxylic acid groups (broad SMARTS) is 2. The van der Waals surface area contributed by atoms with E-state index in [4.69, 9.17) is 11.5 Å². The number of nitrogens with two attached hydrogens (primary N) is 2. The second-order valence-corrected chi connectivity index (χ2v) is 14.9. The van der Waals surface area contributed by atoms with Crippen LogP contribution in [0.25, 0.3) is 0 Å². The number of aliphatic carboxylic acids is 2. The summed E-state index contributed by atoms with van der Waals surface area (Å²) in [6, 6.07) is -10.4. The van der Waals surface area contributed by atoms with E-state index >= 15 is 0 Å². The Balaban J connectivity index is 5.91. The zero-order valence-corrected chi connectivity index (χ0v) is 34.2. The summed E-state index contributed by atoms with van der Waals surface area (Å²) in [5.74, 6) is -12.7. The van der Waals surface area contributed by atoms with Gasteiger partial charge in [-0.3, -0.25) is 47.9 Å². The molecule has 334 valence electrons. The molecule has 0 aromatic rings. The second kappa shape index (κ2) is 26.2. The highest BCUT2D eigenvalue weighted by molar-refractivity contribution is 5.99. The first-order chi connectivity index (χ1) is 27.3. The molecule has 0 aliphatic carbocycles. The van der Waals surface area contributed by atoms with Gasteiger partial charge in [0.2, 0.25) is 53.2 Å². The fraction of sp³-hybridized carbons (Fsp3) is 0.686. The lowest BCUT2D eigenvalue weighted by atomic mass is 9.99. The molecule has 0 saturated carbocycles. The van der Waals surface area contributed by atoms with Crippen LogP contribution in [-0.2, 0) is 52.7 Å². The van der Waals surface area contributed by atoms with Gasteiger partial charge >= 0.3 is 11.9 Å². The summed E-state index contributed by atoms with van der Waals surface area (Å²) in [6.07, 6.45) is -1.66. The van der Waals surface area contributed by atoms with Gasteiger partial charge in [-0.15, -0.1) is 0 Å². The monoisotopic (exact) mass is 844 g/mol. The van der Waals surface area contributed by atoms with Crippen LogP contribution in [0, 0.1) is 17.8 Å². The van der Waals surface area contributed by atoms with Crippen molar-refractivity contribution in [2.75, 3.05) is 19.7 Å². The van der Waals surface area contributed by atoms with Crippen LogP contribution < -0.4 is 54.0 Å². The number of amides is 9. The Hall–Kier alpha value is -5.91. The van der Waals surface area contributed by atoms with Gasteiger partial charge in [-0.1, -0.05) is 41.5 Å². The summed E-state index contributed by atoms with van der Waals surface area (Å²) >= 11 is 0. The number of carbonyl (C=O) groups excluding carboxylic acids is 9. The normalized spacial score (nSPS) is 14.6. The summed E-state index contributed by atoms with van der Waals surface area (Å²) in [5, 5.41) is 46.2. The summed E-state index contributed by atoms with van der Waals surface area (Å²) < 4.78 is 0. The smallest absolute Gasteiger partial charge is 0.328 e. The molecule has 0 aromatic heterocycles. The zero-order chi connectivity index (χ0) is 45.7. The fourth-order valence-corrected chi connectivity index (χ4v) is 5.18. The van der Waals surface area contributed by atoms with Crippen LogP contribution in [0.4, 0.5) is 0 Å². The van der Waals surface area contributed by atoms with Crippen LogP contribution in [-0.4, -0.2) is 142 Å². The molecule has 15 N–H and O–H groups in total. The first-order valence-corrected chi connectivity index (χ1v) is 18.7. The molecule has 0 unspecified atom stereocenters. The maximum Gasteiger partial charge on any atom is 0.328 e.